The van der Waals surface area contributed by atoms with Gasteiger partial charge in [-0.25, -0.2) is 8.42 Å². The third-order valence-electron chi connectivity index (χ3n) is 4.91. The van der Waals surface area contributed by atoms with Gasteiger partial charge < -0.3 is 16.0 Å². The third-order valence-corrected chi connectivity index (χ3v) is 6.72. The third kappa shape index (κ3) is 5.66. The van der Waals surface area contributed by atoms with Crippen LogP contribution >= 0.6 is 12.4 Å². The highest BCUT2D eigenvalue weighted by Crippen LogP contribution is 2.28. The summed E-state index contributed by atoms with van der Waals surface area (Å²) in [5.74, 6) is -0.478. The molecule has 1 heterocycles. The number of amides is 2. The lowest BCUT2D eigenvalue weighted by atomic mass is 9.80. The summed E-state index contributed by atoms with van der Waals surface area (Å²) < 4.78 is 26.5. The highest BCUT2D eigenvalue weighted by molar-refractivity contribution is 7.89. The molecule has 0 bridgehead atoms. The summed E-state index contributed by atoms with van der Waals surface area (Å²) in [4.78, 5) is 25.4. The number of rotatable bonds is 5. The summed E-state index contributed by atoms with van der Waals surface area (Å²) in [6.45, 7) is 6.19. The molecule has 3 N–H and O–H groups in total. The van der Waals surface area contributed by atoms with Crippen molar-refractivity contribution in [1.29, 1.82) is 0 Å². The first kappa shape index (κ1) is 24.4. The van der Waals surface area contributed by atoms with Crippen LogP contribution in [0, 0.1) is 5.41 Å². The number of halogens is 1. The van der Waals surface area contributed by atoms with Gasteiger partial charge in [-0.2, -0.15) is 4.31 Å². The molecule has 28 heavy (non-hydrogen) atoms. The average Bonchev–Trinajstić information content (AvgIpc) is 2.57. The van der Waals surface area contributed by atoms with Gasteiger partial charge in [0.2, 0.25) is 21.8 Å². The zero-order valence-corrected chi connectivity index (χ0v) is 18.3. The quantitative estimate of drug-likeness (QED) is 0.727. The summed E-state index contributed by atoms with van der Waals surface area (Å²) in [5, 5.41) is 2.58. The van der Waals surface area contributed by atoms with Gasteiger partial charge in [0.1, 0.15) is 0 Å². The summed E-state index contributed by atoms with van der Waals surface area (Å²) in [6.07, 6.45) is 0.694. The van der Waals surface area contributed by atoms with E-state index in [0.29, 0.717) is 25.2 Å². The van der Waals surface area contributed by atoms with Crippen molar-refractivity contribution in [1.82, 2.24) is 9.21 Å². The van der Waals surface area contributed by atoms with Crippen LogP contribution in [0.4, 0.5) is 5.69 Å². The number of carbonyl (C=O) groups excluding carboxylic acids is 2. The van der Waals surface area contributed by atoms with Crippen LogP contribution in [0.15, 0.2) is 29.2 Å². The number of nitrogens with zero attached hydrogens (tertiary/aromatic N) is 2. The maximum absolute atomic E-state index is 12.7. The van der Waals surface area contributed by atoms with Crippen LogP contribution in [-0.2, 0) is 19.6 Å². The SMILES string of the molecule is CC(=O)Nc1ccc(S(=O)(=O)N(C)CC(=O)N2CCC(N)C(C)(C)C2)cc1.Cl. The maximum atomic E-state index is 12.7. The molecule has 2 amide bonds. The van der Waals surface area contributed by atoms with E-state index in [1.807, 2.05) is 13.8 Å². The zero-order valence-electron chi connectivity index (χ0n) is 16.6. The van der Waals surface area contributed by atoms with Crippen LogP contribution in [0.1, 0.15) is 27.2 Å². The predicted octanol–water partition coefficient (Wildman–Crippen LogP) is 1.27. The second-order valence-corrected chi connectivity index (χ2v) is 9.71. The minimum absolute atomic E-state index is 0. The molecular formula is C18H29ClN4O4S. The van der Waals surface area contributed by atoms with E-state index in [2.05, 4.69) is 5.32 Å². The fourth-order valence-corrected chi connectivity index (χ4v) is 4.18. The Balaban J connectivity index is 0.00000392. The molecule has 1 atom stereocenters. The lowest BCUT2D eigenvalue weighted by molar-refractivity contribution is -0.134. The Hall–Kier alpha value is -1.68. The number of piperidine rings is 1. The molecule has 158 valence electrons. The van der Waals surface area contributed by atoms with E-state index >= 15 is 0 Å². The molecule has 2 rings (SSSR count). The Kier molecular flexibility index (Phi) is 8.01. The van der Waals surface area contributed by atoms with Crippen molar-refractivity contribution in [2.75, 3.05) is 32.0 Å². The molecule has 1 aliphatic rings. The first-order chi connectivity index (χ1) is 12.4. The fourth-order valence-electron chi connectivity index (χ4n) is 3.06. The number of benzene rings is 1. The molecule has 0 saturated carbocycles. The van der Waals surface area contributed by atoms with E-state index in [-0.39, 0.29) is 47.1 Å². The summed E-state index contributed by atoms with van der Waals surface area (Å²) >= 11 is 0. The first-order valence-corrected chi connectivity index (χ1v) is 10.2. The van der Waals surface area contributed by atoms with Gasteiger partial charge in [-0.3, -0.25) is 9.59 Å². The molecule has 0 radical (unpaired) electrons. The van der Waals surface area contributed by atoms with Crippen molar-refractivity contribution in [2.24, 2.45) is 11.1 Å². The standard InChI is InChI=1S/C18H28N4O4S.ClH/c1-13(23)20-14-5-7-15(8-6-14)27(25,26)21(4)11-17(24)22-10-9-16(19)18(2,3)12-22;/h5-8,16H,9-12,19H2,1-4H3,(H,20,23);1H. The minimum atomic E-state index is -3.81. The Labute approximate surface area is 172 Å². The molecular weight excluding hydrogens is 404 g/mol. The van der Waals surface area contributed by atoms with Crippen molar-refractivity contribution in [2.45, 2.75) is 38.1 Å². The number of sulfonamides is 1. The normalized spacial score (nSPS) is 19.1. The van der Waals surface area contributed by atoms with Gasteiger partial charge in [-0.1, -0.05) is 13.8 Å². The van der Waals surface area contributed by atoms with Crippen molar-refractivity contribution in [3.63, 3.8) is 0 Å². The Morgan fingerprint density at radius 2 is 1.86 bits per heavy atom. The number of likely N-dealkylation sites (N-methyl/N-ethyl adjacent to an activating group) is 1. The van der Waals surface area contributed by atoms with Crippen molar-refractivity contribution < 1.29 is 18.0 Å². The van der Waals surface area contributed by atoms with Crippen LogP contribution < -0.4 is 11.1 Å². The second kappa shape index (κ2) is 9.21. The van der Waals surface area contributed by atoms with E-state index in [0.717, 1.165) is 4.31 Å². The monoisotopic (exact) mass is 432 g/mol. The molecule has 1 aromatic carbocycles. The Morgan fingerprint density at radius 1 is 1.29 bits per heavy atom. The molecule has 0 spiro atoms. The first-order valence-electron chi connectivity index (χ1n) is 8.81. The van der Waals surface area contributed by atoms with E-state index in [9.17, 15) is 18.0 Å². The van der Waals surface area contributed by atoms with Crippen LogP contribution in [0.25, 0.3) is 0 Å². The topological polar surface area (TPSA) is 113 Å². The van der Waals surface area contributed by atoms with Gasteiger partial charge >= 0.3 is 0 Å². The van der Waals surface area contributed by atoms with Gasteiger partial charge in [-0.05, 0) is 36.1 Å². The molecule has 0 aliphatic carbocycles. The number of hydrogen-bond donors (Lipinski definition) is 2. The smallest absolute Gasteiger partial charge is 0.243 e. The second-order valence-electron chi connectivity index (χ2n) is 7.67. The van der Waals surface area contributed by atoms with Crippen molar-refractivity contribution in [3.8, 4) is 0 Å². The summed E-state index contributed by atoms with van der Waals surface area (Å²) in [6, 6.07) is 5.86. The molecule has 1 fully saturated rings. The summed E-state index contributed by atoms with van der Waals surface area (Å²) in [5.41, 5.74) is 6.40. The molecule has 1 unspecified atom stereocenters. The molecule has 1 aromatic rings. The summed E-state index contributed by atoms with van der Waals surface area (Å²) in [7, 11) is -2.42. The predicted molar refractivity (Wildman–Crippen MR) is 111 cm³/mol. The van der Waals surface area contributed by atoms with Crippen molar-refractivity contribution in [3.05, 3.63) is 24.3 Å². The minimum Gasteiger partial charge on any atom is -0.341 e. The Bertz CT molecular complexity index is 811. The maximum Gasteiger partial charge on any atom is 0.243 e. The number of nitrogens with two attached hydrogens (primary N) is 1. The van der Waals surface area contributed by atoms with Gasteiger partial charge in [0.15, 0.2) is 0 Å². The lowest BCUT2D eigenvalue weighted by Gasteiger charge is -2.42. The van der Waals surface area contributed by atoms with E-state index in [1.54, 1.807) is 4.90 Å². The Morgan fingerprint density at radius 3 is 2.36 bits per heavy atom. The zero-order chi connectivity index (χ0) is 20.4. The molecule has 1 aliphatic heterocycles. The highest BCUT2D eigenvalue weighted by Gasteiger charge is 2.36. The largest absolute Gasteiger partial charge is 0.341 e. The molecule has 10 heteroatoms. The van der Waals surface area contributed by atoms with E-state index in [4.69, 9.17) is 5.73 Å². The number of nitrogens with one attached hydrogen (secondary N) is 1. The fraction of sp³-hybridized carbons (Fsp3) is 0.556. The van der Waals surface area contributed by atoms with Gasteiger partial charge in [-0.15, -0.1) is 12.4 Å². The molecule has 1 saturated heterocycles. The molecule has 0 aromatic heterocycles. The van der Waals surface area contributed by atoms with Crippen molar-refractivity contribution >= 4 is 39.9 Å². The van der Waals surface area contributed by atoms with E-state index < -0.39 is 10.0 Å². The van der Waals surface area contributed by atoms with Crippen LogP contribution in [0.3, 0.4) is 0 Å². The van der Waals surface area contributed by atoms with Gasteiger partial charge in [0.05, 0.1) is 11.4 Å². The van der Waals surface area contributed by atoms with Gasteiger partial charge in [0.25, 0.3) is 0 Å². The average molecular weight is 433 g/mol. The van der Waals surface area contributed by atoms with Gasteiger partial charge in [0, 0.05) is 38.8 Å². The van der Waals surface area contributed by atoms with Crippen LogP contribution in [0.2, 0.25) is 0 Å². The van der Waals surface area contributed by atoms with E-state index in [1.165, 1.54) is 38.2 Å². The van der Waals surface area contributed by atoms with Crippen LogP contribution in [0.5, 0.6) is 0 Å². The van der Waals surface area contributed by atoms with Crippen LogP contribution in [-0.4, -0.2) is 62.2 Å². The number of anilines is 1. The number of carbonyl (C=O) groups is 2. The highest BCUT2D eigenvalue weighted by atomic mass is 35.5. The number of likely N-dealkylation sites (tertiary alicyclic amines) is 1. The number of hydrogen-bond acceptors (Lipinski definition) is 5. The molecule has 8 nitrogen and oxygen atoms in total. The lowest BCUT2D eigenvalue weighted by Crippen LogP contribution is -2.55.